The highest BCUT2D eigenvalue weighted by molar-refractivity contribution is 5.99. The third-order valence-corrected chi connectivity index (χ3v) is 10.6. The molecule has 0 saturated heterocycles. The topological polar surface area (TPSA) is 87.3 Å². The molecule has 42 heavy (non-hydrogen) atoms. The molecule has 3 N–H and O–H groups in total. The van der Waals surface area contributed by atoms with E-state index in [0.29, 0.717) is 28.9 Å². The number of carbonyl (C=O) groups is 3. The number of amides is 3. The predicted octanol–water partition coefficient (Wildman–Crippen LogP) is 9.18. The largest absolute Gasteiger partial charge is 0.326 e. The number of hydrogen-bond donors (Lipinski definition) is 3. The van der Waals surface area contributed by atoms with Gasteiger partial charge in [0, 0.05) is 34.8 Å². The lowest BCUT2D eigenvalue weighted by molar-refractivity contribution is -0.122. The third kappa shape index (κ3) is 9.07. The smallest absolute Gasteiger partial charge is 0.227 e. The van der Waals surface area contributed by atoms with Gasteiger partial charge in [-0.1, -0.05) is 67.2 Å². The Morgan fingerprint density at radius 2 is 0.762 bits per heavy atom. The number of hydrogen-bond acceptors (Lipinski definition) is 3. The molecule has 0 aromatic heterocycles. The Morgan fingerprint density at radius 1 is 0.476 bits per heavy atom. The number of nitrogens with one attached hydrogen (secondary N) is 3. The number of carbonyl (C=O) groups excluding carboxylic acids is 3. The monoisotopic (exact) mass is 579 g/mol. The molecule has 3 amide bonds. The molecule has 0 radical (unpaired) electrons. The van der Waals surface area contributed by atoms with Crippen LogP contribution in [0.2, 0.25) is 0 Å². The molecule has 0 spiro atoms. The summed E-state index contributed by atoms with van der Waals surface area (Å²) >= 11 is 0. The van der Waals surface area contributed by atoms with Crippen molar-refractivity contribution in [2.75, 3.05) is 16.0 Å². The van der Waals surface area contributed by atoms with Crippen molar-refractivity contribution in [3.8, 4) is 0 Å². The molecule has 1 aromatic carbocycles. The fourth-order valence-electron chi connectivity index (χ4n) is 7.56. The lowest BCUT2D eigenvalue weighted by Crippen LogP contribution is -2.32. The molecule has 6 heteroatoms. The molecule has 6 nitrogen and oxygen atoms in total. The minimum Gasteiger partial charge on any atom is -0.326 e. The molecular formula is C36H57N3O3. The van der Waals surface area contributed by atoms with Crippen LogP contribution in [0.1, 0.15) is 131 Å². The Hall–Kier alpha value is -2.37. The van der Waals surface area contributed by atoms with Crippen LogP contribution in [0.5, 0.6) is 0 Å². The minimum absolute atomic E-state index is 0.0103. The van der Waals surface area contributed by atoms with Gasteiger partial charge in [-0.2, -0.15) is 0 Å². The van der Waals surface area contributed by atoms with Crippen LogP contribution in [0.4, 0.5) is 17.1 Å². The Bertz CT molecular complexity index is 1010. The van der Waals surface area contributed by atoms with Gasteiger partial charge in [0.05, 0.1) is 0 Å². The van der Waals surface area contributed by atoms with E-state index in [1.807, 2.05) is 18.2 Å². The summed E-state index contributed by atoms with van der Waals surface area (Å²) in [6.45, 7) is 13.7. The Morgan fingerprint density at radius 3 is 1.05 bits per heavy atom. The van der Waals surface area contributed by atoms with E-state index in [4.69, 9.17) is 0 Å². The summed E-state index contributed by atoms with van der Waals surface area (Å²) in [7, 11) is 0. The fourth-order valence-corrected chi connectivity index (χ4v) is 7.56. The first-order chi connectivity index (χ1) is 19.8. The van der Waals surface area contributed by atoms with E-state index in [1.54, 1.807) is 0 Å². The number of rotatable bonds is 6. The van der Waals surface area contributed by atoms with Crippen molar-refractivity contribution in [2.24, 2.45) is 40.4 Å². The molecule has 3 saturated carbocycles. The molecule has 0 atom stereocenters. The van der Waals surface area contributed by atoms with Crippen LogP contribution in [0, 0.1) is 40.4 Å². The van der Waals surface area contributed by atoms with E-state index >= 15 is 0 Å². The highest BCUT2D eigenvalue weighted by Gasteiger charge is 2.34. The molecule has 1 aromatic rings. The maximum Gasteiger partial charge on any atom is 0.227 e. The van der Waals surface area contributed by atoms with Crippen LogP contribution in [-0.2, 0) is 14.4 Å². The highest BCUT2D eigenvalue weighted by atomic mass is 16.2. The van der Waals surface area contributed by atoms with Crippen molar-refractivity contribution < 1.29 is 14.4 Å². The zero-order valence-electron chi connectivity index (χ0n) is 27.2. The maximum atomic E-state index is 13.3. The molecule has 4 rings (SSSR count). The summed E-state index contributed by atoms with van der Waals surface area (Å²) < 4.78 is 0. The van der Waals surface area contributed by atoms with Gasteiger partial charge < -0.3 is 16.0 Å². The second-order valence-corrected chi connectivity index (χ2v) is 15.8. The first-order valence-corrected chi connectivity index (χ1v) is 16.9. The summed E-state index contributed by atoms with van der Waals surface area (Å²) in [4.78, 5) is 39.9. The van der Waals surface area contributed by atoms with Crippen LogP contribution in [0.25, 0.3) is 0 Å². The van der Waals surface area contributed by atoms with Crippen LogP contribution < -0.4 is 16.0 Å². The van der Waals surface area contributed by atoms with Crippen molar-refractivity contribution in [2.45, 2.75) is 131 Å². The summed E-state index contributed by atoms with van der Waals surface area (Å²) in [6, 6.07) is 5.54. The molecular weight excluding hydrogens is 522 g/mol. The molecule has 3 aliphatic rings. The summed E-state index contributed by atoms with van der Waals surface area (Å²) in [5.41, 5.74) is 2.42. The lowest BCUT2D eigenvalue weighted by Gasteiger charge is -2.36. The van der Waals surface area contributed by atoms with Gasteiger partial charge in [0.15, 0.2) is 0 Å². The zero-order chi connectivity index (χ0) is 30.5. The highest BCUT2D eigenvalue weighted by Crippen LogP contribution is 2.41. The lowest BCUT2D eigenvalue weighted by atomic mass is 9.69. The average molecular weight is 580 g/mol. The van der Waals surface area contributed by atoms with Gasteiger partial charge in [-0.3, -0.25) is 14.4 Å². The third-order valence-electron chi connectivity index (χ3n) is 10.6. The van der Waals surface area contributed by atoms with E-state index in [0.717, 1.165) is 77.0 Å². The molecule has 0 heterocycles. The van der Waals surface area contributed by atoms with E-state index in [1.165, 1.54) is 12.8 Å². The first kappa shape index (κ1) is 32.5. The molecule has 0 bridgehead atoms. The van der Waals surface area contributed by atoms with Gasteiger partial charge in [-0.15, -0.1) is 0 Å². The van der Waals surface area contributed by atoms with Gasteiger partial charge in [-0.05, 0) is 105 Å². The van der Waals surface area contributed by atoms with Gasteiger partial charge in [0.1, 0.15) is 0 Å². The van der Waals surface area contributed by atoms with Crippen molar-refractivity contribution in [1.82, 2.24) is 0 Å². The number of anilines is 3. The second-order valence-electron chi connectivity index (χ2n) is 15.8. The molecule has 3 aliphatic carbocycles. The van der Waals surface area contributed by atoms with Gasteiger partial charge in [-0.25, -0.2) is 0 Å². The summed E-state index contributed by atoms with van der Waals surface area (Å²) in [6.07, 6.45) is 14.2. The van der Waals surface area contributed by atoms with Crippen LogP contribution in [0.15, 0.2) is 18.2 Å². The molecule has 3 fully saturated rings. The summed E-state index contributed by atoms with van der Waals surface area (Å²) in [5, 5.41) is 9.41. The zero-order valence-corrected chi connectivity index (χ0v) is 27.2. The summed E-state index contributed by atoms with van der Waals surface area (Å²) in [5.74, 6) is 1.39. The van der Waals surface area contributed by atoms with Crippen LogP contribution >= 0.6 is 0 Å². The van der Waals surface area contributed by atoms with Gasteiger partial charge >= 0.3 is 0 Å². The van der Waals surface area contributed by atoms with Crippen molar-refractivity contribution in [3.63, 3.8) is 0 Å². The standard InChI is InChI=1S/C36H57N3O3/c1-35(2,3)27-17-13-25(14-18-27)33(41)38-30-21-29(37-32(40)24-11-9-7-8-10-12-24)22-31(23-30)39-34(42)26-15-19-28(20-16-26)36(4,5)6/h21-28H,7-20H2,1-6H3,(H,37,40)(H,38,41)(H,39,42)/t25-,26-,27-,28-. The van der Waals surface area contributed by atoms with Crippen molar-refractivity contribution in [3.05, 3.63) is 18.2 Å². The van der Waals surface area contributed by atoms with E-state index < -0.39 is 0 Å². The SMILES string of the molecule is CC(C)(C)[C@H]1CC[C@H](C(=O)Nc2cc(NC(=O)C3CCCCCC3)cc(NC(=O)[C@H]3CC[C@H](C(C)(C)C)CC3)c2)CC1. The van der Waals surface area contributed by atoms with Gasteiger partial charge in [0.2, 0.25) is 17.7 Å². The van der Waals surface area contributed by atoms with Crippen LogP contribution in [0.3, 0.4) is 0 Å². The molecule has 234 valence electrons. The normalized spacial score (nSPS) is 26.1. The average Bonchev–Trinajstić information content (AvgIpc) is 3.22. The van der Waals surface area contributed by atoms with Crippen molar-refractivity contribution in [1.29, 1.82) is 0 Å². The van der Waals surface area contributed by atoms with E-state index in [-0.39, 0.29) is 46.3 Å². The Labute approximate surface area is 254 Å². The molecule has 0 unspecified atom stereocenters. The Kier molecular flexibility index (Phi) is 10.8. The number of benzene rings is 1. The van der Waals surface area contributed by atoms with E-state index in [2.05, 4.69) is 57.5 Å². The molecule has 0 aliphatic heterocycles. The minimum atomic E-state index is -0.0103. The van der Waals surface area contributed by atoms with E-state index in [9.17, 15) is 14.4 Å². The van der Waals surface area contributed by atoms with Crippen molar-refractivity contribution >= 4 is 34.8 Å². The first-order valence-electron chi connectivity index (χ1n) is 16.9. The quantitative estimate of drug-likeness (QED) is 0.294. The van der Waals surface area contributed by atoms with Crippen LogP contribution in [-0.4, -0.2) is 17.7 Å². The fraction of sp³-hybridized carbons (Fsp3) is 0.750. The second kappa shape index (κ2) is 13.9. The maximum absolute atomic E-state index is 13.3. The van der Waals surface area contributed by atoms with Gasteiger partial charge in [0.25, 0.3) is 0 Å². The Balaban J connectivity index is 1.45. The predicted molar refractivity (Wildman–Crippen MR) is 173 cm³/mol.